The van der Waals surface area contributed by atoms with Crippen LogP contribution in [0.5, 0.6) is 0 Å². The van der Waals surface area contributed by atoms with Gasteiger partial charge < -0.3 is 0 Å². The SMILES string of the molecule is Cc1cc2c(c3c1-c1ccccc1C3C)-c1ccccc1C2C. The summed E-state index contributed by atoms with van der Waals surface area (Å²) in [6, 6.07) is 20.3. The largest absolute Gasteiger partial charge is 0.0619 e. The van der Waals surface area contributed by atoms with Crippen molar-refractivity contribution in [2.45, 2.75) is 32.6 Å². The van der Waals surface area contributed by atoms with Gasteiger partial charge in [0.25, 0.3) is 0 Å². The second kappa shape index (κ2) is 4.35. The summed E-state index contributed by atoms with van der Waals surface area (Å²) in [6.07, 6.45) is 0. The first-order valence-corrected chi connectivity index (χ1v) is 8.54. The Kier molecular flexibility index (Phi) is 2.48. The van der Waals surface area contributed by atoms with Crippen LogP contribution in [0.2, 0.25) is 0 Å². The molecule has 3 aromatic carbocycles. The highest BCUT2D eigenvalue weighted by atomic mass is 14.4. The Hall–Kier alpha value is -2.34. The first-order valence-electron chi connectivity index (χ1n) is 8.54. The summed E-state index contributed by atoms with van der Waals surface area (Å²) in [5, 5.41) is 0. The van der Waals surface area contributed by atoms with Crippen molar-refractivity contribution in [2.24, 2.45) is 0 Å². The summed E-state index contributed by atoms with van der Waals surface area (Å²) >= 11 is 0. The molecular formula is C23H20. The Balaban J connectivity index is 1.92. The first kappa shape index (κ1) is 13.1. The lowest BCUT2D eigenvalue weighted by Gasteiger charge is -2.16. The van der Waals surface area contributed by atoms with E-state index in [0.29, 0.717) is 11.8 Å². The summed E-state index contributed by atoms with van der Waals surface area (Å²) < 4.78 is 0. The van der Waals surface area contributed by atoms with E-state index in [-0.39, 0.29) is 0 Å². The average Bonchev–Trinajstić information content (AvgIpc) is 3.03. The Morgan fingerprint density at radius 1 is 0.652 bits per heavy atom. The van der Waals surface area contributed by atoms with Crippen molar-refractivity contribution in [3.63, 3.8) is 0 Å². The van der Waals surface area contributed by atoms with Gasteiger partial charge in [-0.1, -0.05) is 68.4 Å². The van der Waals surface area contributed by atoms with Gasteiger partial charge in [-0.25, -0.2) is 0 Å². The summed E-state index contributed by atoms with van der Waals surface area (Å²) in [5.41, 5.74) is 13.3. The van der Waals surface area contributed by atoms with Crippen LogP contribution in [0.25, 0.3) is 22.3 Å². The predicted molar refractivity (Wildman–Crippen MR) is 97.1 cm³/mol. The zero-order chi connectivity index (χ0) is 15.7. The lowest BCUT2D eigenvalue weighted by atomic mass is 9.87. The maximum atomic E-state index is 2.44. The third-order valence-electron chi connectivity index (χ3n) is 5.89. The summed E-state index contributed by atoms with van der Waals surface area (Å²) in [6.45, 7) is 7.00. The van der Waals surface area contributed by atoms with Crippen molar-refractivity contribution in [1.29, 1.82) is 0 Å². The Labute approximate surface area is 137 Å². The van der Waals surface area contributed by atoms with Gasteiger partial charge in [-0.15, -0.1) is 0 Å². The van der Waals surface area contributed by atoms with E-state index in [4.69, 9.17) is 0 Å². The summed E-state index contributed by atoms with van der Waals surface area (Å²) in [5.74, 6) is 0.981. The van der Waals surface area contributed by atoms with Gasteiger partial charge in [0.2, 0.25) is 0 Å². The normalized spacial score (nSPS) is 20.0. The maximum Gasteiger partial charge on any atom is 0.00796 e. The molecular weight excluding hydrogens is 276 g/mol. The first-order chi connectivity index (χ1) is 11.2. The minimum Gasteiger partial charge on any atom is -0.0619 e. The Morgan fingerprint density at radius 3 is 1.91 bits per heavy atom. The van der Waals surface area contributed by atoms with Crippen molar-refractivity contribution in [2.75, 3.05) is 0 Å². The molecule has 0 saturated carbocycles. The molecule has 0 aliphatic heterocycles. The van der Waals surface area contributed by atoms with Crippen molar-refractivity contribution < 1.29 is 0 Å². The van der Waals surface area contributed by atoms with Gasteiger partial charge in [-0.2, -0.15) is 0 Å². The number of hydrogen-bond donors (Lipinski definition) is 0. The van der Waals surface area contributed by atoms with Crippen LogP contribution in [0, 0.1) is 6.92 Å². The number of aryl methyl sites for hydroxylation is 1. The van der Waals surface area contributed by atoms with Crippen LogP contribution in [0.1, 0.15) is 53.5 Å². The fourth-order valence-electron chi connectivity index (χ4n) is 4.83. The molecule has 0 amide bonds. The molecule has 0 heterocycles. The van der Waals surface area contributed by atoms with Crippen molar-refractivity contribution >= 4 is 0 Å². The second-order valence-corrected chi connectivity index (χ2v) is 7.06. The van der Waals surface area contributed by atoms with E-state index in [2.05, 4.69) is 75.4 Å². The highest BCUT2D eigenvalue weighted by Crippen LogP contribution is 2.56. The molecule has 0 heteroatoms. The quantitative estimate of drug-likeness (QED) is 0.459. The lowest BCUT2D eigenvalue weighted by Crippen LogP contribution is -1.97. The minimum atomic E-state index is 0.480. The molecule has 112 valence electrons. The van der Waals surface area contributed by atoms with Crippen LogP contribution in [-0.2, 0) is 0 Å². The van der Waals surface area contributed by atoms with Gasteiger partial charge in [0.05, 0.1) is 0 Å². The number of fused-ring (bicyclic) bond motifs is 7. The molecule has 2 unspecified atom stereocenters. The van der Waals surface area contributed by atoms with Crippen LogP contribution in [0.3, 0.4) is 0 Å². The zero-order valence-corrected chi connectivity index (χ0v) is 13.9. The second-order valence-electron chi connectivity index (χ2n) is 7.06. The summed E-state index contributed by atoms with van der Waals surface area (Å²) in [7, 11) is 0. The third-order valence-corrected chi connectivity index (χ3v) is 5.89. The standard InChI is InChI=1S/C23H20/c1-13-12-20-14(2)16-8-4-7-11-19(16)23(20)22-15(3)17-9-5-6-10-18(17)21(13)22/h4-12,14-15H,1-3H3. The van der Waals surface area contributed by atoms with Gasteiger partial charge in [0.1, 0.15) is 0 Å². The lowest BCUT2D eigenvalue weighted by molar-refractivity contribution is 0.935. The van der Waals surface area contributed by atoms with Crippen molar-refractivity contribution in [3.8, 4) is 22.3 Å². The molecule has 2 aliphatic carbocycles. The van der Waals surface area contributed by atoms with E-state index in [1.807, 2.05) is 0 Å². The van der Waals surface area contributed by atoms with Crippen LogP contribution < -0.4 is 0 Å². The molecule has 0 saturated heterocycles. The van der Waals surface area contributed by atoms with E-state index in [1.54, 1.807) is 5.56 Å². The van der Waals surface area contributed by atoms with Gasteiger partial charge in [0.15, 0.2) is 0 Å². The molecule has 0 bridgehead atoms. The van der Waals surface area contributed by atoms with E-state index >= 15 is 0 Å². The third kappa shape index (κ3) is 1.51. The smallest absolute Gasteiger partial charge is 0.00796 e. The molecule has 0 spiro atoms. The van der Waals surface area contributed by atoms with Crippen LogP contribution >= 0.6 is 0 Å². The maximum absolute atomic E-state index is 2.44. The van der Waals surface area contributed by atoms with Gasteiger partial charge in [0, 0.05) is 11.8 Å². The van der Waals surface area contributed by atoms with E-state index in [0.717, 1.165) is 0 Å². The molecule has 2 aliphatic rings. The molecule has 0 aromatic heterocycles. The van der Waals surface area contributed by atoms with Crippen LogP contribution in [0.4, 0.5) is 0 Å². The highest BCUT2D eigenvalue weighted by Gasteiger charge is 2.35. The van der Waals surface area contributed by atoms with Gasteiger partial charge in [-0.3, -0.25) is 0 Å². The average molecular weight is 296 g/mol. The van der Waals surface area contributed by atoms with Crippen molar-refractivity contribution in [1.82, 2.24) is 0 Å². The molecule has 0 fully saturated rings. The Bertz CT molecular complexity index is 962. The molecule has 0 nitrogen and oxygen atoms in total. The molecule has 0 N–H and O–H groups in total. The molecule has 3 aromatic rings. The van der Waals surface area contributed by atoms with Gasteiger partial charge >= 0.3 is 0 Å². The van der Waals surface area contributed by atoms with Gasteiger partial charge in [-0.05, 0) is 57.0 Å². The highest BCUT2D eigenvalue weighted by molar-refractivity contribution is 5.93. The van der Waals surface area contributed by atoms with E-state index in [9.17, 15) is 0 Å². The number of benzene rings is 3. The molecule has 0 radical (unpaired) electrons. The fourth-order valence-corrected chi connectivity index (χ4v) is 4.83. The monoisotopic (exact) mass is 296 g/mol. The zero-order valence-electron chi connectivity index (χ0n) is 13.9. The van der Waals surface area contributed by atoms with Crippen LogP contribution in [0.15, 0.2) is 54.6 Å². The van der Waals surface area contributed by atoms with Crippen molar-refractivity contribution in [3.05, 3.63) is 82.4 Å². The predicted octanol–water partition coefficient (Wildman–Crippen LogP) is 6.26. The molecule has 2 atom stereocenters. The molecule has 23 heavy (non-hydrogen) atoms. The fraction of sp³-hybridized carbons (Fsp3) is 0.217. The van der Waals surface area contributed by atoms with E-state index in [1.165, 1.54) is 44.5 Å². The van der Waals surface area contributed by atoms with E-state index < -0.39 is 0 Å². The Morgan fingerprint density at radius 2 is 1.22 bits per heavy atom. The topological polar surface area (TPSA) is 0 Å². The summed E-state index contributed by atoms with van der Waals surface area (Å²) in [4.78, 5) is 0. The minimum absolute atomic E-state index is 0.480. The number of hydrogen-bond acceptors (Lipinski definition) is 0. The number of rotatable bonds is 0. The van der Waals surface area contributed by atoms with Crippen LogP contribution in [-0.4, -0.2) is 0 Å². The molecule has 5 rings (SSSR count).